The second-order valence-electron chi connectivity index (χ2n) is 4.30. The summed E-state index contributed by atoms with van der Waals surface area (Å²) in [5.74, 6) is 1.43. The van der Waals surface area contributed by atoms with E-state index in [1.165, 1.54) is 0 Å². The first-order chi connectivity index (χ1) is 6.65. The number of hydrogen-bond donors (Lipinski definition) is 0. The molecule has 14 heavy (non-hydrogen) atoms. The summed E-state index contributed by atoms with van der Waals surface area (Å²) in [6, 6.07) is 2.04. The molecule has 1 rings (SSSR count). The van der Waals surface area contributed by atoms with Crippen LogP contribution < -0.4 is 0 Å². The fraction of sp³-hybridized carbons (Fsp3) is 0.818. The molecule has 0 saturated carbocycles. The lowest BCUT2D eigenvalue weighted by molar-refractivity contribution is -0.130. The van der Waals surface area contributed by atoms with Gasteiger partial charge in [0, 0.05) is 13.0 Å². The maximum absolute atomic E-state index is 11.5. The third-order valence-corrected chi connectivity index (χ3v) is 3.06. The molecule has 0 spiro atoms. The van der Waals surface area contributed by atoms with Gasteiger partial charge in [-0.2, -0.15) is 5.26 Å². The van der Waals surface area contributed by atoms with Gasteiger partial charge in [0.1, 0.15) is 6.54 Å². The first kappa shape index (κ1) is 11.0. The second kappa shape index (κ2) is 4.99. The molecule has 0 aromatic heterocycles. The summed E-state index contributed by atoms with van der Waals surface area (Å²) in [6.45, 7) is 5.42. The molecule has 1 atom stereocenters. The molecule has 1 unspecified atom stereocenters. The molecule has 0 aromatic carbocycles. The Bertz CT molecular complexity index is 242. The lowest BCUT2D eigenvalue weighted by atomic mass is 9.89. The van der Waals surface area contributed by atoms with Gasteiger partial charge in [0.15, 0.2) is 0 Å². The zero-order valence-corrected chi connectivity index (χ0v) is 8.99. The van der Waals surface area contributed by atoms with Crippen molar-refractivity contribution in [1.29, 1.82) is 5.26 Å². The molecule has 3 heteroatoms. The molecule has 0 aromatic rings. The highest BCUT2D eigenvalue weighted by atomic mass is 16.2. The van der Waals surface area contributed by atoms with Gasteiger partial charge in [0.25, 0.3) is 0 Å². The van der Waals surface area contributed by atoms with Gasteiger partial charge in [0.05, 0.1) is 6.07 Å². The van der Waals surface area contributed by atoms with E-state index in [1.54, 1.807) is 4.90 Å². The third kappa shape index (κ3) is 2.73. The van der Waals surface area contributed by atoms with Gasteiger partial charge in [0.2, 0.25) is 5.91 Å². The minimum absolute atomic E-state index is 0.148. The quantitative estimate of drug-likeness (QED) is 0.629. The topological polar surface area (TPSA) is 44.1 Å². The Kier molecular flexibility index (Phi) is 3.94. The molecule has 0 N–H and O–H groups in total. The maximum atomic E-state index is 11.5. The van der Waals surface area contributed by atoms with Crippen LogP contribution in [0.3, 0.4) is 0 Å². The first-order valence-electron chi connectivity index (χ1n) is 5.30. The third-order valence-electron chi connectivity index (χ3n) is 3.06. The van der Waals surface area contributed by atoms with Crippen molar-refractivity contribution < 1.29 is 4.79 Å². The number of likely N-dealkylation sites (tertiary alicyclic amines) is 1. The molecule has 1 amide bonds. The van der Waals surface area contributed by atoms with Crippen LogP contribution in [0, 0.1) is 23.2 Å². The molecule has 0 radical (unpaired) electrons. The van der Waals surface area contributed by atoms with Gasteiger partial charge in [-0.25, -0.2) is 0 Å². The van der Waals surface area contributed by atoms with Crippen molar-refractivity contribution >= 4 is 5.91 Å². The smallest absolute Gasteiger partial charge is 0.223 e. The number of nitriles is 1. The van der Waals surface area contributed by atoms with Crippen LogP contribution in [0.1, 0.15) is 33.1 Å². The van der Waals surface area contributed by atoms with Crippen molar-refractivity contribution in [2.45, 2.75) is 33.1 Å². The van der Waals surface area contributed by atoms with E-state index >= 15 is 0 Å². The van der Waals surface area contributed by atoms with Gasteiger partial charge in [-0.15, -0.1) is 0 Å². The molecular formula is C11H18N2O. The van der Waals surface area contributed by atoms with E-state index in [-0.39, 0.29) is 12.5 Å². The largest absolute Gasteiger partial charge is 0.329 e. The van der Waals surface area contributed by atoms with Crippen LogP contribution >= 0.6 is 0 Å². The number of carbonyl (C=O) groups is 1. The first-order valence-corrected chi connectivity index (χ1v) is 5.30. The van der Waals surface area contributed by atoms with E-state index < -0.39 is 0 Å². The Morgan fingerprint density at radius 3 is 2.86 bits per heavy atom. The Morgan fingerprint density at radius 1 is 1.57 bits per heavy atom. The Morgan fingerprint density at radius 2 is 2.29 bits per heavy atom. The average molecular weight is 194 g/mol. The minimum atomic E-state index is 0.148. The number of hydrogen-bond acceptors (Lipinski definition) is 2. The Balaban J connectivity index is 2.54. The normalized spacial score (nSPS) is 23.4. The predicted octanol–water partition coefficient (Wildman–Crippen LogP) is 1.79. The fourth-order valence-electron chi connectivity index (χ4n) is 1.98. The molecule has 78 valence electrons. The highest BCUT2D eigenvalue weighted by Gasteiger charge is 2.23. The standard InChI is InChI=1S/C11H18N2O/c1-9(2)10-3-4-11(14)13(7-5-10)8-6-12/h9-10H,3-5,7-8H2,1-2H3. The van der Waals surface area contributed by atoms with Crippen molar-refractivity contribution in [3.8, 4) is 6.07 Å². The van der Waals surface area contributed by atoms with E-state index in [9.17, 15) is 4.79 Å². The van der Waals surface area contributed by atoms with Crippen LogP contribution in [0.15, 0.2) is 0 Å². The minimum Gasteiger partial charge on any atom is -0.329 e. The Labute approximate surface area is 85.7 Å². The van der Waals surface area contributed by atoms with Crippen molar-refractivity contribution in [3.05, 3.63) is 0 Å². The molecule has 1 aliphatic heterocycles. The van der Waals surface area contributed by atoms with Gasteiger partial charge in [-0.3, -0.25) is 4.79 Å². The summed E-state index contributed by atoms with van der Waals surface area (Å²) < 4.78 is 0. The van der Waals surface area contributed by atoms with E-state index in [1.807, 2.05) is 6.07 Å². The van der Waals surface area contributed by atoms with Gasteiger partial charge >= 0.3 is 0 Å². The molecule has 0 bridgehead atoms. The number of amides is 1. The highest BCUT2D eigenvalue weighted by molar-refractivity contribution is 5.76. The molecule has 1 fully saturated rings. The number of nitrogens with zero attached hydrogens (tertiary/aromatic N) is 2. The van der Waals surface area contributed by atoms with E-state index in [4.69, 9.17) is 5.26 Å². The fourth-order valence-corrected chi connectivity index (χ4v) is 1.98. The van der Waals surface area contributed by atoms with E-state index in [0.717, 1.165) is 19.4 Å². The molecule has 0 aliphatic carbocycles. The van der Waals surface area contributed by atoms with Crippen molar-refractivity contribution in [2.75, 3.05) is 13.1 Å². The lowest BCUT2D eigenvalue weighted by Crippen LogP contribution is -2.30. The van der Waals surface area contributed by atoms with Crippen LogP contribution in [0.5, 0.6) is 0 Å². The van der Waals surface area contributed by atoms with Gasteiger partial charge in [-0.05, 0) is 24.7 Å². The van der Waals surface area contributed by atoms with Crippen molar-refractivity contribution in [2.24, 2.45) is 11.8 Å². The van der Waals surface area contributed by atoms with Crippen molar-refractivity contribution in [1.82, 2.24) is 4.90 Å². The molecule has 3 nitrogen and oxygen atoms in total. The average Bonchev–Trinajstić information content (AvgIpc) is 2.30. The molecular weight excluding hydrogens is 176 g/mol. The van der Waals surface area contributed by atoms with Crippen LogP contribution in [0.2, 0.25) is 0 Å². The summed E-state index contributed by atoms with van der Waals surface area (Å²) >= 11 is 0. The summed E-state index contributed by atoms with van der Waals surface area (Å²) in [5, 5.41) is 8.56. The van der Waals surface area contributed by atoms with Crippen molar-refractivity contribution in [3.63, 3.8) is 0 Å². The van der Waals surface area contributed by atoms with E-state index in [0.29, 0.717) is 18.3 Å². The molecule has 1 heterocycles. The van der Waals surface area contributed by atoms with Crippen LogP contribution in [0.4, 0.5) is 0 Å². The van der Waals surface area contributed by atoms with Gasteiger partial charge in [-0.1, -0.05) is 13.8 Å². The van der Waals surface area contributed by atoms with Crippen LogP contribution in [0.25, 0.3) is 0 Å². The van der Waals surface area contributed by atoms with Crippen LogP contribution in [-0.2, 0) is 4.79 Å². The lowest BCUT2D eigenvalue weighted by Gasteiger charge is -2.19. The van der Waals surface area contributed by atoms with Gasteiger partial charge < -0.3 is 4.90 Å². The second-order valence-corrected chi connectivity index (χ2v) is 4.30. The summed E-state index contributed by atoms with van der Waals surface area (Å²) in [6.07, 6.45) is 2.65. The summed E-state index contributed by atoms with van der Waals surface area (Å²) in [5.41, 5.74) is 0. The summed E-state index contributed by atoms with van der Waals surface area (Å²) in [4.78, 5) is 13.2. The number of rotatable bonds is 2. The highest BCUT2D eigenvalue weighted by Crippen LogP contribution is 2.24. The van der Waals surface area contributed by atoms with Crippen LogP contribution in [-0.4, -0.2) is 23.9 Å². The predicted molar refractivity (Wildman–Crippen MR) is 54.4 cm³/mol. The van der Waals surface area contributed by atoms with E-state index in [2.05, 4.69) is 13.8 Å². The monoisotopic (exact) mass is 194 g/mol. The maximum Gasteiger partial charge on any atom is 0.223 e. The SMILES string of the molecule is CC(C)C1CCC(=O)N(CC#N)CC1. The summed E-state index contributed by atoms with van der Waals surface area (Å²) in [7, 11) is 0. The molecule has 1 saturated heterocycles. The zero-order chi connectivity index (χ0) is 10.6. The number of carbonyl (C=O) groups excluding carboxylic acids is 1. The Hall–Kier alpha value is -1.04. The zero-order valence-electron chi connectivity index (χ0n) is 8.99. The molecule has 1 aliphatic rings.